The van der Waals surface area contributed by atoms with Crippen LogP contribution >= 0.6 is 0 Å². The van der Waals surface area contributed by atoms with Crippen LogP contribution in [0.15, 0.2) is 78.9 Å². The molecule has 1 heterocycles. The van der Waals surface area contributed by atoms with Gasteiger partial charge in [-0.1, -0.05) is 60.7 Å². The second kappa shape index (κ2) is 8.17. The normalized spacial score (nSPS) is 11.8. The molecule has 0 unspecified atom stereocenters. The van der Waals surface area contributed by atoms with Crippen LogP contribution in [0.2, 0.25) is 0 Å². The third kappa shape index (κ3) is 4.38. The fourth-order valence-corrected chi connectivity index (χ4v) is 5.14. The summed E-state index contributed by atoms with van der Waals surface area (Å²) in [6, 6.07) is 23.1. The van der Waals surface area contributed by atoms with Gasteiger partial charge in [0.2, 0.25) is 10.0 Å². The molecule has 6 heteroatoms. The summed E-state index contributed by atoms with van der Waals surface area (Å²) >= 11 is 0. The lowest BCUT2D eigenvalue weighted by atomic mass is 10.1. The molecule has 148 valence electrons. The molecule has 0 aliphatic rings. The highest BCUT2D eigenvalue weighted by atomic mass is 32.2. The van der Waals surface area contributed by atoms with Crippen molar-refractivity contribution < 1.29 is 12.8 Å². The molecule has 0 N–H and O–H groups in total. The highest BCUT2D eigenvalue weighted by Gasteiger charge is 2.22. The summed E-state index contributed by atoms with van der Waals surface area (Å²) in [5.74, 6) is -0.126. The molecule has 0 fully saturated rings. The molecule has 29 heavy (non-hydrogen) atoms. The first kappa shape index (κ1) is 19.3. The van der Waals surface area contributed by atoms with Gasteiger partial charge in [0.05, 0.1) is 16.8 Å². The van der Waals surface area contributed by atoms with Gasteiger partial charge in [-0.25, -0.2) is 21.8 Å². The highest BCUT2D eigenvalue weighted by Crippen LogP contribution is 2.23. The number of hydrogen-bond acceptors (Lipinski definition) is 3. The lowest BCUT2D eigenvalue weighted by molar-refractivity contribution is 0.584. The lowest BCUT2D eigenvalue weighted by Crippen LogP contribution is -2.18. The fourth-order valence-electron chi connectivity index (χ4n) is 3.49. The molecule has 0 aliphatic heterocycles. The largest absolute Gasteiger partial charge is 0.244 e. The van der Waals surface area contributed by atoms with Crippen molar-refractivity contribution in [3.05, 3.63) is 102 Å². The van der Waals surface area contributed by atoms with Gasteiger partial charge in [0.1, 0.15) is 11.6 Å². The van der Waals surface area contributed by atoms with Gasteiger partial charge in [-0.2, -0.15) is 0 Å². The van der Waals surface area contributed by atoms with E-state index < -0.39 is 15.8 Å². The van der Waals surface area contributed by atoms with E-state index in [4.69, 9.17) is 0 Å². The maximum atomic E-state index is 13.7. The molecule has 0 amide bonds. The molecule has 1 aromatic heterocycles. The zero-order chi connectivity index (χ0) is 20.3. The van der Waals surface area contributed by atoms with Gasteiger partial charge >= 0.3 is 0 Å². The van der Waals surface area contributed by atoms with E-state index in [1.54, 1.807) is 12.1 Å². The number of aryl methyl sites for hydroxylation is 2. The molecular weight excluding hydrogens is 387 g/mol. The van der Waals surface area contributed by atoms with Crippen LogP contribution in [0, 0.1) is 5.82 Å². The number of fused-ring (bicyclic) bond motifs is 1. The fraction of sp³-hybridized carbons (Fsp3) is 0.174. The summed E-state index contributed by atoms with van der Waals surface area (Å²) in [6.45, 7) is 0. The first-order valence-corrected chi connectivity index (χ1v) is 11.1. The van der Waals surface area contributed by atoms with Crippen molar-refractivity contribution in [1.29, 1.82) is 0 Å². The van der Waals surface area contributed by atoms with Crippen molar-refractivity contribution in [3.63, 3.8) is 0 Å². The standard InChI is InChI=1S/C23H21FN2O2S/c24-20-14-15-22-21(16-20)25-23(13-7-12-18-8-3-1-4-9-18)26(22)29(27,28)17-19-10-5-2-6-11-19/h1-6,8-11,14-16H,7,12-13,17H2. The third-order valence-corrected chi connectivity index (χ3v) is 6.48. The Morgan fingerprint density at radius 3 is 2.17 bits per heavy atom. The van der Waals surface area contributed by atoms with E-state index in [1.165, 1.54) is 27.7 Å². The molecule has 0 radical (unpaired) electrons. The third-order valence-electron chi connectivity index (χ3n) is 4.82. The molecule has 0 bridgehead atoms. The summed E-state index contributed by atoms with van der Waals surface area (Å²) in [4.78, 5) is 4.46. The minimum atomic E-state index is -3.70. The van der Waals surface area contributed by atoms with E-state index in [1.807, 2.05) is 48.5 Å². The number of halogens is 1. The molecule has 0 spiro atoms. The Hall–Kier alpha value is -2.99. The minimum Gasteiger partial charge on any atom is -0.232 e. The molecule has 4 aromatic rings. The van der Waals surface area contributed by atoms with Crippen LogP contribution in [0.1, 0.15) is 23.4 Å². The summed E-state index contributed by atoms with van der Waals surface area (Å²) in [5, 5.41) is 0. The van der Waals surface area contributed by atoms with Crippen LogP contribution in [-0.4, -0.2) is 17.4 Å². The van der Waals surface area contributed by atoms with Crippen LogP contribution in [0.25, 0.3) is 11.0 Å². The Balaban J connectivity index is 1.68. The van der Waals surface area contributed by atoms with Crippen LogP contribution in [0.3, 0.4) is 0 Å². The van der Waals surface area contributed by atoms with Gasteiger partial charge in [-0.15, -0.1) is 0 Å². The predicted octanol–water partition coefficient (Wildman–Crippen LogP) is 4.73. The summed E-state index contributed by atoms with van der Waals surface area (Å²) < 4.78 is 41.5. The molecule has 4 rings (SSSR count). The summed E-state index contributed by atoms with van der Waals surface area (Å²) in [6.07, 6.45) is 2.05. The second-order valence-electron chi connectivity index (χ2n) is 7.01. The van der Waals surface area contributed by atoms with Gasteiger partial charge in [0, 0.05) is 12.5 Å². The van der Waals surface area contributed by atoms with Gasteiger partial charge in [-0.05, 0) is 36.1 Å². The van der Waals surface area contributed by atoms with E-state index >= 15 is 0 Å². The zero-order valence-corrected chi connectivity index (χ0v) is 16.6. The Morgan fingerprint density at radius 1 is 0.828 bits per heavy atom. The molecule has 0 aliphatic carbocycles. The predicted molar refractivity (Wildman–Crippen MR) is 113 cm³/mol. The van der Waals surface area contributed by atoms with Crippen molar-refractivity contribution in [2.45, 2.75) is 25.0 Å². The molecule has 0 saturated carbocycles. The Labute approximate surface area is 169 Å². The van der Waals surface area contributed by atoms with Gasteiger partial charge in [0.25, 0.3) is 0 Å². The highest BCUT2D eigenvalue weighted by molar-refractivity contribution is 7.89. The van der Waals surface area contributed by atoms with Crippen molar-refractivity contribution in [3.8, 4) is 0 Å². The molecule has 3 aromatic carbocycles. The number of aromatic nitrogens is 2. The maximum absolute atomic E-state index is 13.7. The van der Waals surface area contributed by atoms with E-state index in [0.29, 0.717) is 28.8 Å². The van der Waals surface area contributed by atoms with Crippen molar-refractivity contribution in [2.24, 2.45) is 0 Å². The molecule has 0 saturated heterocycles. The van der Waals surface area contributed by atoms with Crippen molar-refractivity contribution >= 4 is 21.1 Å². The minimum absolute atomic E-state index is 0.137. The average molecular weight is 408 g/mol. The number of rotatable bonds is 7. The van der Waals surface area contributed by atoms with Gasteiger partial charge in [0.15, 0.2) is 0 Å². The van der Waals surface area contributed by atoms with Crippen LogP contribution in [-0.2, 0) is 28.6 Å². The van der Waals surface area contributed by atoms with Gasteiger partial charge < -0.3 is 0 Å². The van der Waals surface area contributed by atoms with E-state index in [9.17, 15) is 12.8 Å². The van der Waals surface area contributed by atoms with Crippen LogP contribution in [0.4, 0.5) is 4.39 Å². The Bertz CT molecular complexity index is 1220. The molecule has 0 atom stereocenters. The van der Waals surface area contributed by atoms with Gasteiger partial charge in [-0.3, -0.25) is 0 Å². The van der Waals surface area contributed by atoms with E-state index in [2.05, 4.69) is 4.98 Å². The first-order chi connectivity index (χ1) is 14.0. The maximum Gasteiger partial charge on any atom is 0.244 e. The average Bonchev–Trinajstić information content (AvgIpc) is 3.07. The Kier molecular flexibility index (Phi) is 5.45. The quantitative estimate of drug-likeness (QED) is 0.444. The zero-order valence-electron chi connectivity index (χ0n) is 15.8. The van der Waals surface area contributed by atoms with Crippen molar-refractivity contribution in [1.82, 2.24) is 8.96 Å². The number of imidazole rings is 1. The second-order valence-corrected chi connectivity index (χ2v) is 8.82. The van der Waals surface area contributed by atoms with E-state index in [0.717, 1.165) is 12.8 Å². The van der Waals surface area contributed by atoms with Crippen LogP contribution in [0.5, 0.6) is 0 Å². The topological polar surface area (TPSA) is 52.0 Å². The summed E-state index contributed by atoms with van der Waals surface area (Å²) in [5.41, 5.74) is 2.66. The Morgan fingerprint density at radius 2 is 1.48 bits per heavy atom. The first-order valence-electron chi connectivity index (χ1n) is 9.51. The SMILES string of the molecule is O=S(=O)(Cc1ccccc1)n1c(CCCc2ccccc2)nc2cc(F)ccc21. The van der Waals surface area contributed by atoms with Crippen LogP contribution < -0.4 is 0 Å². The smallest absolute Gasteiger partial charge is 0.232 e. The molecule has 4 nitrogen and oxygen atoms in total. The lowest BCUT2D eigenvalue weighted by Gasteiger charge is -2.11. The number of nitrogens with zero attached hydrogens (tertiary/aromatic N) is 2. The monoisotopic (exact) mass is 408 g/mol. The van der Waals surface area contributed by atoms with Crippen molar-refractivity contribution in [2.75, 3.05) is 0 Å². The number of benzene rings is 3. The molecular formula is C23H21FN2O2S. The number of hydrogen-bond donors (Lipinski definition) is 0. The summed E-state index contributed by atoms with van der Waals surface area (Å²) in [7, 11) is -3.70. The van der Waals surface area contributed by atoms with E-state index in [-0.39, 0.29) is 5.75 Å².